The number of hydrogen-bond acceptors (Lipinski definition) is 5. The van der Waals surface area contributed by atoms with Crippen molar-refractivity contribution in [3.8, 4) is 0 Å². The topological polar surface area (TPSA) is 89.0 Å². The molecule has 1 aromatic heterocycles. The Balaban J connectivity index is 0.000000370. The van der Waals surface area contributed by atoms with E-state index in [0.717, 1.165) is 44.7 Å². The summed E-state index contributed by atoms with van der Waals surface area (Å²) < 4.78 is 43.4. The molecule has 1 aromatic rings. The van der Waals surface area contributed by atoms with Crippen LogP contribution < -0.4 is 0 Å². The number of carboxylic acid groups (broad SMARTS) is 1. The summed E-state index contributed by atoms with van der Waals surface area (Å²) in [7, 11) is 0. The molecule has 3 heterocycles. The number of likely N-dealkylation sites (tertiary alicyclic amines) is 1. The van der Waals surface area contributed by atoms with Crippen molar-refractivity contribution in [1.82, 2.24) is 9.88 Å². The molecule has 0 radical (unpaired) electrons. The molecule has 162 valence electrons. The molecule has 1 N–H and O–H groups in total. The van der Waals surface area contributed by atoms with Crippen molar-refractivity contribution in [2.75, 3.05) is 26.3 Å². The Morgan fingerprint density at radius 1 is 1.34 bits per heavy atom. The molecule has 2 saturated heterocycles. The molecule has 1 amide bonds. The van der Waals surface area contributed by atoms with Crippen molar-refractivity contribution in [2.24, 2.45) is 5.41 Å². The lowest BCUT2D eigenvalue weighted by Gasteiger charge is -2.38. The van der Waals surface area contributed by atoms with Gasteiger partial charge >= 0.3 is 12.1 Å². The molecule has 3 rings (SSSR count). The number of carbonyl (C=O) groups is 2. The summed E-state index contributed by atoms with van der Waals surface area (Å²) in [4.78, 5) is 26.5. The van der Waals surface area contributed by atoms with E-state index in [1.807, 2.05) is 23.1 Å². The van der Waals surface area contributed by atoms with Gasteiger partial charge in [0.05, 0.1) is 31.6 Å². The molecular weight excluding hydrogens is 393 g/mol. The Kier molecular flexibility index (Phi) is 7.97. The third-order valence-electron chi connectivity index (χ3n) is 5.08. The zero-order chi connectivity index (χ0) is 21.5. The Labute approximate surface area is 166 Å². The Hall–Kier alpha value is -2.20. The summed E-state index contributed by atoms with van der Waals surface area (Å²) in [5.74, 6) is -2.57. The summed E-state index contributed by atoms with van der Waals surface area (Å²) in [6, 6.07) is 5.84. The number of carbonyl (C=O) groups excluding carboxylic acids is 1. The third-order valence-corrected chi connectivity index (χ3v) is 5.08. The summed E-state index contributed by atoms with van der Waals surface area (Å²) in [5, 5.41) is 7.12. The van der Waals surface area contributed by atoms with Crippen LogP contribution in [0.2, 0.25) is 0 Å². The maximum atomic E-state index is 11.4. The van der Waals surface area contributed by atoms with E-state index in [4.69, 9.17) is 19.4 Å². The second-order valence-corrected chi connectivity index (χ2v) is 7.28. The van der Waals surface area contributed by atoms with Gasteiger partial charge in [0.2, 0.25) is 5.91 Å². The lowest BCUT2D eigenvalue weighted by Crippen LogP contribution is -2.42. The van der Waals surface area contributed by atoms with Crippen molar-refractivity contribution in [3.63, 3.8) is 0 Å². The van der Waals surface area contributed by atoms with Crippen molar-refractivity contribution in [1.29, 1.82) is 0 Å². The van der Waals surface area contributed by atoms with Crippen LogP contribution in [0.4, 0.5) is 13.2 Å². The van der Waals surface area contributed by atoms with E-state index >= 15 is 0 Å². The first-order chi connectivity index (χ1) is 13.6. The van der Waals surface area contributed by atoms with Gasteiger partial charge in [0.25, 0.3) is 0 Å². The smallest absolute Gasteiger partial charge is 0.475 e. The molecule has 7 nitrogen and oxygen atoms in total. The summed E-state index contributed by atoms with van der Waals surface area (Å²) in [6.07, 6.45) is 0.00322. The highest BCUT2D eigenvalue weighted by molar-refractivity contribution is 5.73. The average Bonchev–Trinajstić information content (AvgIpc) is 3.05. The minimum atomic E-state index is -5.08. The minimum Gasteiger partial charge on any atom is -0.475 e. The van der Waals surface area contributed by atoms with Gasteiger partial charge in [0, 0.05) is 26.2 Å². The number of ether oxygens (including phenoxy) is 2. The van der Waals surface area contributed by atoms with Gasteiger partial charge in [0.15, 0.2) is 0 Å². The highest BCUT2D eigenvalue weighted by Crippen LogP contribution is 2.42. The van der Waals surface area contributed by atoms with Crippen LogP contribution in [-0.4, -0.2) is 65.5 Å². The maximum absolute atomic E-state index is 11.4. The molecular formula is C19H25F3N2O5. The lowest BCUT2D eigenvalue weighted by atomic mass is 9.76. The van der Waals surface area contributed by atoms with Gasteiger partial charge in [-0.2, -0.15) is 13.2 Å². The molecule has 29 heavy (non-hydrogen) atoms. The van der Waals surface area contributed by atoms with E-state index in [0.29, 0.717) is 13.2 Å². The monoisotopic (exact) mass is 418 g/mol. The molecule has 0 aromatic carbocycles. The quantitative estimate of drug-likeness (QED) is 0.809. The van der Waals surface area contributed by atoms with Gasteiger partial charge in [0.1, 0.15) is 0 Å². The van der Waals surface area contributed by atoms with E-state index in [2.05, 4.69) is 4.98 Å². The highest BCUT2D eigenvalue weighted by atomic mass is 19.4. The fourth-order valence-corrected chi connectivity index (χ4v) is 3.43. The number of halogens is 3. The molecule has 1 unspecified atom stereocenters. The molecule has 0 aliphatic carbocycles. The summed E-state index contributed by atoms with van der Waals surface area (Å²) in [6.45, 7) is 5.33. The Bertz CT molecular complexity index is 676. The van der Waals surface area contributed by atoms with Gasteiger partial charge < -0.3 is 19.5 Å². The molecule has 0 saturated carbocycles. The van der Waals surface area contributed by atoms with Crippen molar-refractivity contribution in [2.45, 2.75) is 45.1 Å². The number of carboxylic acids is 1. The number of piperidine rings is 1. The van der Waals surface area contributed by atoms with Gasteiger partial charge in [-0.3, -0.25) is 9.78 Å². The van der Waals surface area contributed by atoms with E-state index in [1.54, 1.807) is 13.1 Å². The fraction of sp³-hybridized carbons (Fsp3) is 0.632. The first-order valence-corrected chi connectivity index (χ1v) is 9.26. The minimum absolute atomic E-state index is 0.174. The van der Waals surface area contributed by atoms with Crippen LogP contribution in [0.25, 0.3) is 0 Å². The molecule has 10 heteroatoms. The fourth-order valence-electron chi connectivity index (χ4n) is 3.43. The molecule has 2 aliphatic rings. The number of rotatable bonds is 4. The summed E-state index contributed by atoms with van der Waals surface area (Å²) >= 11 is 0. The second-order valence-electron chi connectivity index (χ2n) is 7.28. The van der Waals surface area contributed by atoms with Crippen LogP contribution in [0, 0.1) is 5.41 Å². The first kappa shape index (κ1) is 23.1. The largest absolute Gasteiger partial charge is 0.490 e. The van der Waals surface area contributed by atoms with Crippen LogP contribution in [-0.2, 0) is 25.7 Å². The maximum Gasteiger partial charge on any atom is 0.490 e. The number of pyridine rings is 1. The van der Waals surface area contributed by atoms with Crippen LogP contribution in [0.1, 0.15) is 31.9 Å². The van der Waals surface area contributed by atoms with Crippen LogP contribution in [0.3, 0.4) is 0 Å². The lowest BCUT2D eigenvalue weighted by molar-refractivity contribution is -0.192. The average molecular weight is 418 g/mol. The Morgan fingerprint density at radius 2 is 2.00 bits per heavy atom. The van der Waals surface area contributed by atoms with Crippen molar-refractivity contribution < 1.29 is 37.3 Å². The van der Waals surface area contributed by atoms with Crippen LogP contribution in [0.15, 0.2) is 24.4 Å². The highest BCUT2D eigenvalue weighted by Gasteiger charge is 2.42. The van der Waals surface area contributed by atoms with Crippen molar-refractivity contribution in [3.05, 3.63) is 30.1 Å². The van der Waals surface area contributed by atoms with E-state index < -0.39 is 12.1 Å². The molecule has 0 bridgehead atoms. The number of aliphatic carboxylic acids is 1. The molecule has 2 fully saturated rings. The van der Waals surface area contributed by atoms with E-state index in [-0.39, 0.29) is 17.4 Å². The van der Waals surface area contributed by atoms with E-state index in [1.165, 1.54) is 0 Å². The normalized spacial score (nSPS) is 20.8. The molecule has 1 spiro atoms. The molecule has 1 atom stereocenters. The summed E-state index contributed by atoms with van der Waals surface area (Å²) in [5.41, 5.74) is 1.20. The number of hydrogen-bond donors (Lipinski definition) is 1. The zero-order valence-corrected chi connectivity index (χ0v) is 16.2. The van der Waals surface area contributed by atoms with Gasteiger partial charge in [-0.1, -0.05) is 6.07 Å². The van der Waals surface area contributed by atoms with Gasteiger partial charge in [-0.25, -0.2) is 4.79 Å². The second kappa shape index (κ2) is 10.0. The first-order valence-electron chi connectivity index (χ1n) is 9.26. The standard InChI is InChI=1S/C17H24N2O3.C2HF3O2/c1-14(20)19-8-5-17(6-9-19)10-16(22-13-17)12-21-11-15-4-2-3-7-18-15;3-2(4,5)1(6)7/h2-4,7,16H,5-6,8-13H2,1H3;(H,6,7). The van der Waals surface area contributed by atoms with Crippen LogP contribution in [0.5, 0.6) is 0 Å². The number of nitrogens with zero attached hydrogens (tertiary/aromatic N) is 2. The predicted molar refractivity (Wildman–Crippen MR) is 95.9 cm³/mol. The number of amides is 1. The predicted octanol–water partition coefficient (Wildman–Crippen LogP) is 2.65. The van der Waals surface area contributed by atoms with Crippen LogP contribution >= 0.6 is 0 Å². The molecule has 2 aliphatic heterocycles. The SMILES string of the molecule is CC(=O)N1CCC2(CC1)COC(COCc1ccccn1)C2.O=C(O)C(F)(F)F. The van der Waals surface area contributed by atoms with E-state index in [9.17, 15) is 18.0 Å². The van der Waals surface area contributed by atoms with Crippen molar-refractivity contribution >= 4 is 11.9 Å². The number of alkyl halides is 3. The zero-order valence-electron chi connectivity index (χ0n) is 16.2. The van der Waals surface area contributed by atoms with Gasteiger partial charge in [-0.05, 0) is 36.8 Å². The third kappa shape index (κ3) is 7.28. The van der Waals surface area contributed by atoms with Gasteiger partial charge in [-0.15, -0.1) is 0 Å². The number of aromatic nitrogens is 1. The Morgan fingerprint density at radius 3 is 2.52 bits per heavy atom.